The highest BCUT2D eigenvalue weighted by atomic mass is 32.2. The molecule has 1 amide bonds. The molecule has 1 aromatic rings. The summed E-state index contributed by atoms with van der Waals surface area (Å²) < 4.78 is 28.1. The van der Waals surface area contributed by atoms with E-state index in [1.165, 1.54) is 25.7 Å². The summed E-state index contributed by atoms with van der Waals surface area (Å²) in [7, 11) is -3.53. The number of piperidine rings is 1. The second kappa shape index (κ2) is 8.27. The molecule has 3 fully saturated rings. The van der Waals surface area contributed by atoms with Gasteiger partial charge in [0.15, 0.2) is 0 Å². The van der Waals surface area contributed by atoms with Crippen molar-refractivity contribution in [1.29, 1.82) is 0 Å². The fraction of sp³-hybridized carbons (Fsp3) is 0.708. The summed E-state index contributed by atoms with van der Waals surface area (Å²) in [6.45, 7) is 8.70. The summed E-state index contributed by atoms with van der Waals surface area (Å²) in [6.07, 6.45) is 6.49. The number of fused-ring (bicyclic) bond motifs is 2. The maximum absolute atomic E-state index is 13.3. The van der Waals surface area contributed by atoms with E-state index in [0.717, 1.165) is 28.5 Å². The standard InChI is InChI=1S/C24H36N2O3S/c1-15-11-16(2)23(17(3)12-15)30(28,29)26-9-7-20(8-10-26)24(27)25-18(4)22-14-19-5-6-21(22)13-19/h11-12,18-22H,5-10,13-14H2,1-4H3,(H,25,27)/t18-,19+,21+,22-/m1/s1. The van der Waals surface area contributed by atoms with Gasteiger partial charge >= 0.3 is 0 Å². The fourth-order valence-corrected chi connectivity index (χ4v) is 8.30. The van der Waals surface area contributed by atoms with Gasteiger partial charge in [0.2, 0.25) is 15.9 Å². The SMILES string of the molecule is Cc1cc(C)c(S(=O)(=O)N2CCC(C(=O)N[C@H](C)[C@H]3C[C@H]4CC[C@H]3C4)CC2)c(C)c1. The number of rotatable bonds is 5. The van der Waals surface area contributed by atoms with Crippen LogP contribution in [0.2, 0.25) is 0 Å². The Hall–Kier alpha value is -1.40. The second-order valence-corrected chi connectivity index (χ2v) is 11.9. The molecule has 4 rings (SSSR count). The Morgan fingerprint density at radius 2 is 1.67 bits per heavy atom. The van der Waals surface area contributed by atoms with Crippen LogP contribution in [0.5, 0.6) is 0 Å². The Morgan fingerprint density at radius 3 is 2.20 bits per heavy atom. The van der Waals surface area contributed by atoms with Crippen LogP contribution in [0, 0.1) is 44.4 Å². The molecule has 6 heteroatoms. The molecule has 0 aromatic heterocycles. The molecule has 5 nitrogen and oxygen atoms in total. The Kier molecular flexibility index (Phi) is 6.01. The smallest absolute Gasteiger partial charge is 0.243 e. The molecule has 1 heterocycles. The molecule has 2 bridgehead atoms. The minimum Gasteiger partial charge on any atom is -0.353 e. The van der Waals surface area contributed by atoms with Gasteiger partial charge in [0.1, 0.15) is 0 Å². The summed E-state index contributed by atoms with van der Waals surface area (Å²) in [5.41, 5.74) is 2.67. The summed E-state index contributed by atoms with van der Waals surface area (Å²) >= 11 is 0. The zero-order valence-electron chi connectivity index (χ0n) is 18.8. The van der Waals surface area contributed by atoms with Gasteiger partial charge < -0.3 is 5.32 Å². The Bertz CT molecular complexity index is 895. The molecular weight excluding hydrogens is 396 g/mol. The lowest BCUT2D eigenvalue weighted by Crippen LogP contribution is -2.47. The number of aryl methyl sites for hydroxylation is 3. The third-order valence-electron chi connectivity index (χ3n) is 7.83. The zero-order valence-corrected chi connectivity index (χ0v) is 19.6. The van der Waals surface area contributed by atoms with Crippen LogP contribution in [0.1, 0.15) is 62.1 Å². The molecule has 1 N–H and O–H groups in total. The lowest BCUT2D eigenvalue weighted by atomic mass is 9.83. The number of amides is 1. The average molecular weight is 433 g/mol. The normalized spacial score (nSPS) is 28.6. The number of hydrogen-bond acceptors (Lipinski definition) is 3. The Balaban J connectivity index is 1.36. The maximum atomic E-state index is 13.3. The van der Waals surface area contributed by atoms with Crippen molar-refractivity contribution < 1.29 is 13.2 Å². The van der Waals surface area contributed by atoms with Gasteiger partial charge in [-0.05, 0) is 88.7 Å². The summed E-state index contributed by atoms with van der Waals surface area (Å²) in [5.74, 6) is 2.32. The van der Waals surface area contributed by atoms with Crippen molar-refractivity contribution in [2.75, 3.05) is 13.1 Å². The van der Waals surface area contributed by atoms with Gasteiger partial charge in [-0.25, -0.2) is 8.42 Å². The molecule has 30 heavy (non-hydrogen) atoms. The highest BCUT2D eigenvalue weighted by Crippen LogP contribution is 2.49. The van der Waals surface area contributed by atoms with Crippen LogP contribution >= 0.6 is 0 Å². The number of sulfonamides is 1. The van der Waals surface area contributed by atoms with E-state index in [0.29, 0.717) is 36.7 Å². The van der Waals surface area contributed by atoms with Crippen LogP contribution in [0.15, 0.2) is 17.0 Å². The first-order valence-corrected chi connectivity index (χ1v) is 13.0. The molecule has 1 aliphatic heterocycles. The average Bonchev–Trinajstić information content (AvgIpc) is 3.30. The number of hydrogen-bond donors (Lipinski definition) is 1. The lowest BCUT2D eigenvalue weighted by molar-refractivity contribution is -0.127. The molecule has 2 aliphatic carbocycles. The first kappa shape index (κ1) is 21.8. The highest BCUT2D eigenvalue weighted by Gasteiger charge is 2.42. The minimum absolute atomic E-state index is 0.0855. The molecule has 1 aromatic carbocycles. The molecule has 3 aliphatic rings. The Labute approximate surface area is 181 Å². The van der Waals surface area contributed by atoms with Crippen molar-refractivity contribution in [1.82, 2.24) is 9.62 Å². The molecule has 0 spiro atoms. The fourth-order valence-electron chi connectivity index (χ4n) is 6.42. The van der Waals surface area contributed by atoms with Crippen LogP contribution in [0.3, 0.4) is 0 Å². The van der Waals surface area contributed by atoms with Gasteiger partial charge in [0.25, 0.3) is 0 Å². The summed E-state index contributed by atoms with van der Waals surface area (Å²) in [4.78, 5) is 13.3. The van der Waals surface area contributed by atoms with Crippen LogP contribution < -0.4 is 5.32 Å². The first-order chi connectivity index (χ1) is 14.2. The number of carbonyl (C=O) groups excluding carboxylic acids is 1. The van der Waals surface area contributed by atoms with Gasteiger partial charge in [-0.3, -0.25) is 4.79 Å². The predicted octanol–water partition coefficient (Wildman–Crippen LogP) is 3.95. The van der Waals surface area contributed by atoms with E-state index in [4.69, 9.17) is 0 Å². The van der Waals surface area contributed by atoms with E-state index in [1.54, 1.807) is 4.31 Å². The molecule has 1 saturated heterocycles. The molecule has 166 valence electrons. The topological polar surface area (TPSA) is 66.5 Å². The largest absolute Gasteiger partial charge is 0.353 e. The van der Waals surface area contributed by atoms with Crippen molar-refractivity contribution in [3.63, 3.8) is 0 Å². The van der Waals surface area contributed by atoms with Gasteiger partial charge in [0.05, 0.1) is 4.90 Å². The molecule has 2 saturated carbocycles. The van der Waals surface area contributed by atoms with E-state index in [-0.39, 0.29) is 17.9 Å². The number of benzene rings is 1. The van der Waals surface area contributed by atoms with Crippen molar-refractivity contribution in [3.8, 4) is 0 Å². The first-order valence-electron chi connectivity index (χ1n) is 11.5. The zero-order chi connectivity index (χ0) is 21.6. The van der Waals surface area contributed by atoms with E-state index < -0.39 is 10.0 Å². The molecule has 0 radical (unpaired) electrons. The van der Waals surface area contributed by atoms with Gasteiger partial charge in [-0.15, -0.1) is 0 Å². The third kappa shape index (κ3) is 4.05. The third-order valence-corrected chi connectivity index (χ3v) is 10.0. The van der Waals surface area contributed by atoms with Crippen LogP contribution in [0.4, 0.5) is 0 Å². The number of nitrogens with zero attached hydrogens (tertiary/aromatic N) is 1. The summed E-state index contributed by atoms with van der Waals surface area (Å²) in [6, 6.07) is 4.08. The quantitative estimate of drug-likeness (QED) is 0.766. The van der Waals surface area contributed by atoms with E-state index in [9.17, 15) is 13.2 Å². The van der Waals surface area contributed by atoms with E-state index in [1.807, 2.05) is 32.9 Å². The van der Waals surface area contributed by atoms with Crippen molar-refractivity contribution in [3.05, 3.63) is 28.8 Å². The number of carbonyl (C=O) groups is 1. The van der Waals surface area contributed by atoms with Gasteiger partial charge in [-0.1, -0.05) is 24.1 Å². The minimum atomic E-state index is -3.53. The number of nitrogens with one attached hydrogen (secondary N) is 1. The molecule has 4 atom stereocenters. The van der Waals surface area contributed by atoms with Crippen LogP contribution in [-0.4, -0.2) is 37.8 Å². The van der Waals surface area contributed by atoms with Crippen molar-refractivity contribution in [2.24, 2.45) is 23.7 Å². The van der Waals surface area contributed by atoms with Gasteiger partial charge in [0, 0.05) is 25.0 Å². The highest BCUT2D eigenvalue weighted by molar-refractivity contribution is 7.89. The maximum Gasteiger partial charge on any atom is 0.243 e. The van der Waals surface area contributed by atoms with Crippen molar-refractivity contribution >= 4 is 15.9 Å². The predicted molar refractivity (Wildman–Crippen MR) is 119 cm³/mol. The van der Waals surface area contributed by atoms with Crippen molar-refractivity contribution in [2.45, 2.75) is 77.2 Å². The van der Waals surface area contributed by atoms with Crippen LogP contribution in [-0.2, 0) is 14.8 Å². The summed E-state index contributed by atoms with van der Waals surface area (Å²) in [5, 5.41) is 3.28. The van der Waals surface area contributed by atoms with E-state index in [2.05, 4.69) is 12.2 Å². The van der Waals surface area contributed by atoms with E-state index >= 15 is 0 Å². The molecular formula is C24H36N2O3S. The lowest BCUT2D eigenvalue weighted by Gasteiger charge is -2.33. The van der Waals surface area contributed by atoms with Crippen LogP contribution in [0.25, 0.3) is 0 Å². The van der Waals surface area contributed by atoms with Gasteiger partial charge in [-0.2, -0.15) is 4.31 Å². The second-order valence-electron chi connectivity index (χ2n) is 10.0. The monoisotopic (exact) mass is 432 g/mol. The Morgan fingerprint density at radius 1 is 1.03 bits per heavy atom. The molecule has 0 unspecified atom stereocenters.